The zero-order valence-corrected chi connectivity index (χ0v) is 7.36. The van der Waals surface area contributed by atoms with Gasteiger partial charge in [-0.1, -0.05) is 0 Å². The van der Waals surface area contributed by atoms with E-state index in [2.05, 4.69) is 0 Å². The van der Waals surface area contributed by atoms with Gasteiger partial charge in [-0.05, 0) is 26.2 Å². The molecule has 0 aliphatic heterocycles. The third-order valence-electron chi connectivity index (χ3n) is 2.30. The first-order valence-electron chi connectivity index (χ1n) is 3.53. The van der Waals surface area contributed by atoms with Gasteiger partial charge in [0, 0.05) is 6.04 Å². The molecule has 4 heteroatoms. The molecule has 1 rings (SSSR count). The van der Waals surface area contributed by atoms with Crippen LogP contribution in [0.5, 0.6) is 0 Å². The Balaban J connectivity index is 0.000001000. The van der Waals surface area contributed by atoms with Gasteiger partial charge in [-0.25, -0.2) is 0 Å². The van der Waals surface area contributed by atoms with E-state index in [9.17, 15) is 4.79 Å². The average molecular weight is 180 g/mol. The lowest BCUT2D eigenvalue weighted by molar-refractivity contribution is -0.147. The second-order valence-corrected chi connectivity index (χ2v) is 3.37. The molecule has 0 aromatic carbocycles. The highest BCUT2D eigenvalue weighted by Gasteiger charge is 2.39. The Kier molecular flexibility index (Phi) is 3.32. The van der Waals surface area contributed by atoms with Crippen molar-refractivity contribution in [3.05, 3.63) is 0 Å². The third kappa shape index (κ3) is 2.07. The first-order valence-corrected chi connectivity index (χ1v) is 3.53. The second-order valence-electron chi connectivity index (χ2n) is 3.37. The van der Waals surface area contributed by atoms with E-state index in [0.29, 0.717) is 6.42 Å². The molecule has 0 bridgehead atoms. The summed E-state index contributed by atoms with van der Waals surface area (Å²) in [5.74, 6) is -0.708. The zero-order valence-electron chi connectivity index (χ0n) is 6.54. The largest absolute Gasteiger partial charge is 0.481 e. The molecule has 0 amide bonds. The Labute approximate surface area is 72.4 Å². The fraction of sp³-hybridized carbons (Fsp3) is 0.857. The van der Waals surface area contributed by atoms with Crippen LogP contribution in [-0.2, 0) is 4.79 Å². The van der Waals surface area contributed by atoms with Gasteiger partial charge in [0.25, 0.3) is 0 Å². The van der Waals surface area contributed by atoms with Crippen LogP contribution in [0.4, 0.5) is 0 Å². The van der Waals surface area contributed by atoms with Crippen LogP contribution in [0.3, 0.4) is 0 Å². The minimum atomic E-state index is -0.708. The molecule has 11 heavy (non-hydrogen) atoms. The van der Waals surface area contributed by atoms with Crippen molar-refractivity contribution in [2.24, 2.45) is 11.1 Å². The van der Waals surface area contributed by atoms with Gasteiger partial charge in [0.1, 0.15) is 0 Å². The van der Waals surface area contributed by atoms with E-state index in [0.717, 1.165) is 12.8 Å². The van der Waals surface area contributed by atoms with Gasteiger partial charge in [-0.2, -0.15) is 0 Å². The topological polar surface area (TPSA) is 63.3 Å². The van der Waals surface area contributed by atoms with Crippen LogP contribution in [0, 0.1) is 5.41 Å². The summed E-state index contributed by atoms with van der Waals surface area (Å²) in [6.45, 7) is 1.77. The quantitative estimate of drug-likeness (QED) is 0.632. The second kappa shape index (κ2) is 3.41. The third-order valence-corrected chi connectivity index (χ3v) is 2.30. The fourth-order valence-corrected chi connectivity index (χ4v) is 1.48. The molecule has 0 heterocycles. The van der Waals surface area contributed by atoms with Crippen molar-refractivity contribution in [3.8, 4) is 0 Å². The maximum absolute atomic E-state index is 10.6. The maximum atomic E-state index is 10.6. The van der Waals surface area contributed by atoms with Crippen LogP contribution in [0.2, 0.25) is 0 Å². The molecule has 1 aliphatic carbocycles. The molecule has 1 fully saturated rings. The average Bonchev–Trinajstić information content (AvgIpc) is 2.13. The molecule has 66 valence electrons. The lowest BCUT2D eigenvalue weighted by Crippen LogP contribution is -2.26. The van der Waals surface area contributed by atoms with E-state index in [1.165, 1.54) is 0 Å². The number of carboxylic acids is 1. The fourth-order valence-electron chi connectivity index (χ4n) is 1.48. The molecule has 0 radical (unpaired) electrons. The minimum Gasteiger partial charge on any atom is -0.481 e. The Morgan fingerprint density at radius 3 is 2.45 bits per heavy atom. The zero-order chi connectivity index (χ0) is 7.78. The Morgan fingerprint density at radius 2 is 2.27 bits per heavy atom. The molecule has 0 aromatic rings. The van der Waals surface area contributed by atoms with Gasteiger partial charge >= 0.3 is 5.97 Å². The van der Waals surface area contributed by atoms with Crippen molar-refractivity contribution in [3.63, 3.8) is 0 Å². The molecule has 3 N–H and O–H groups in total. The molecule has 2 atom stereocenters. The van der Waals surface area contributed by atoms with Crippen molar-refractivity contribution in [2.75, 3.05) is 0 Å². The van der Waals surface area contributed by atoms with E-state index in [4.69, 9.17) is 10.8 Å². The standard InChI is InChI=1S/C7H13NO2.ClH/c1-7(6(9)10)3-2-5(8)4-7;/h5H,2-4,8H2,1H3,(H,9,10);1H/t5-,7+;/m1./s1. The summed E-state index contributed by atoms with van der Waals surface area (Å²) in [5.41, 5.74) is 5.04. The molecule has 1 aliphatic rings. The highest BCUT2D eigenvalue weighted by Crippen LogP contribution is 2.36. The number of halogens is 1. The van der Waals surface area contributed by atoms with Crippen LogP contribution in [0.15, 0.2) is 0 Å². The first-order chi connectivity index (χ1) is 4.54. The van der Waals surface area contributed by atoms with Gasteiger partial charge < -0.3 is 10.8 Å². The van der Waals surface area contributed by atoms with Gasteiger partial charge in [0.05, 0.1) is 5.41 Å². The van der Waals surface area contributed by atoms with Crippen molar-refractivity contribution in [1.82, 2.24) is 0 Å². The molecule has 0 saturated heterocycles. The van der Waals surface area contributed by atoms with Crippen molar-refractivity contribution in [1.29, 1.82) is 0 Å². The van der Waals surface area contributed by atoms with Crippen molar-refractivity contribution >= 4 is 18.4 Å². The van der Waals surface area contributed by atoms with Crippen LogP contribution in [-0.4, -0.2) is 17.1 Å². The predicted molar refractivity (Wildman–Crippen MR) is 44.8 cm³/mol. The number of carbonyl (C=O) groups is 1. The van der Waals surface area contributed by atoms with Crippen LogP contribution in [0.25, 0.3) is 0 Å². The van der Waals surface area contributed by atoms with E-state index in [1.54, 1.807) is 6.92 Å². The van der Waals surface area contributed by atoms with Crippen LogP contribution >= 0.6 is 12.4 Å². The number of hydrogen-bond donors (Lipinski definition) is 2. The van der Waals surface area contributed by atoms with Crippen molar-refractivity contribution in [2.45, 2.75) is 32.2 Å². The van der Waals surface area contributed by atoms with Gasteiger partial charge in [-0.3, -0.25) is 4.79 Å². The number of nitrogens with two attached hydrogens (primary N) is 1. The molecule has 0 unspecified atom stereocenters. The Bertz CT molecular complexity index is 163. The summed E-state index contributed by atoms with van der Waals surface area (Å²) in [4.78, 5) is 10.6. The van der Waals surface area contributed by atoms with E-state index < -0.39 is 11.4 Å². The summed E-state index contributed by atoms with van der Waals surface area (Å²) in [6.07, 6.45) is 2.20. The summed E-state index contributed by atoms with van der Waals surface area (Å²) in [5, 5.41) is 8.73. The molecular weight excluding hydrogens is 166 g/mol. The number of rotatable bonds is 1. The normalized spacial score (nSPS) is 36.4. The lowest BCUT2D eigenvalue weighted by atomic mass is 9.89. The van der Waals surface area contributed by atoms with E-state index >= 15 is 0 Å². The predicted octanol–water partition coefficient (Wildman–Crippen LogP) is 1.01. The van der Waals surface area contributed by atoms with Gasteiger partial charge in [0.15, 0.2) is 0 Å². The molecule has 1 saturated carbocycles. The SMILES string of the molecule is C[C@]1(C(=O)O)CC[C@@H](N)C1.Cl. The first kappa shape index (κ1) is 10.7. The summed E-state index contributed by atoms with van der Waals surface area (Å²) in [7, 11) is 0. The van der Waals surface area contributed by atoms with Gasteiger partial charge in [-0.15, -0.1) is 12.4 Å². The lowest BCUT2D eigenvalue weighted by Gasteiger charge is -2.16. The van der Waals surface area contributed by atoms with E-state index in [1.807, 2.05) is 0 Å². The van der Waals surface area contributed by atoms with Crippen LogP contribution in [0.1, 0.15) is 26.2 Å². The van der Waals surface area contributed by atoms with E-state index in [-0.39, 0.29) is 18.4 Å². The monoisotopic (exact) mass is 179 g/mol. The summed E-state index contributed by atoms with van der Waals surface area (Å²) >= 11 is 0. The molecule has 0 spiro atoms. The molecule has 0 aromatic heterocycles. The number of aliphatic carboxylic acids is 1. The summed E-state index contributed by atoms with van der Waals surface area (Å²) < 4.78 is 0. The van der Waals surface area contributed by atoms with Crippen molar-refractivity contribution < 1.29 is 9.90 Å². The molecule has 3 nitrogen and oxygen atoms in total. The number of hydrogen-bond acceptors (Lipinski definition) is 2. The highest BCUT2D eigenvalue weighted by atomic mass is 35.5. The minimum absolute atomic E-state index is 0. The molecular formula is C7H14ClNO2. The Hall–Kier alpha value is -0.280. The van der Waals surface area contributed by atoms with Crippen LogP contribution < -0.4 is 5.73 Å². The smallest absolute Gasteiger partial charge is 0.309 e. The van der Waals surface area contributed by atoms with Gasteiger partial charge in [0.2, 0.25) is 0 Å². The maximum Gasteiger partial charge on any atom is 0.309 e. The highest BCUT2D eigenvalue weighted by molar-refractivity contribution is 5.85. The summed E-state index contributed by atoms with van der Waals surface area (Å²) in [6, 6.07) is 0.0982. The Morgan fingerprint density at radius 1 is 1.73 bits per heavy atom. The number of carboxylic acid groups (broad SMARTS) is 1.